The molecule has 0 atom stereocenters. The Kier molecular flexibility index (Phi) is 6.53. The van der Waals surface area contributed by atoms with Crippen molar-refractivity contribution in [2.45, 2.75) is 47.7 Å². The van der Waals surface area contributed by atoms with Crippen LogP contribution in [0.4, 0.5) is 4.79 Å². The van der Waals surface area contributed by atoms with Crippen LogP contribution in [0.2, 0.25) is 0 Å². The maximum absolute atomic E-state index is 12.7. The predicted octanol–water partition coefficient (Wildman–Crippen LogP) is 4.33. The van der Waals surface area contributed by atoms with Crippen LogP contribution in [0.1, 0.15) is 40.2 Å². The standard InChI is InChI=1S/C24H32N4O3/c1-16(2)14-31-22(29)25-13-17-8-7-9-18(12-17)19-10-11-20-21(26-19)27(6)23(30)28(20)15-24(3,4)5/h7-12,16H,13-15H2,1-6H3,(H,25,29). The third-order valence-electron chi connectivity index (χ3n) is 4.82. The van der Waals surface area contributed by atoms with Crippen molar-refractivity contribution in [3.8, 4) is 11.3 Å². The molecule has 166 valence electrons. The van der Waals surface area contributed by atoms with Gasteiger partial charge in [0.15, 0.2) is 5.65 Å². The van der Waals surface area contributed by atoms with Gasteiger partial charge in [0.05, 0.1) is 17.8 Å². The molecular weight excluding hydrogens is 392 g/mol. The van der Waals surface area contributed by atoms with Gasteiger partial charge < -0.3 is 10.1 Å². The highest BCUT2D eigenvalue weighted by Crippen LogP contribution is 2.23. The molecule has 0 fully saturated rings. The first-order valence-electron chi connectivity index (χ1n) is 10.6. The molecular formula is C24H32N4O3. The Bertz CT molecular complexity index is 1140. The summed E-state index contributed by atoms with van der Waals surface area (Å²) in [6.45, 7) is 11.7. The van der Waals surface area contributed by atoms with Crippen LogP contribution in [0.15, 0.2) is 41.2 Å². The summed E-state index contributed by atoms with van der Waals surface area (Å²) >= 11 is 0. The molecule has 0 aliphatic carbocycles. The Morgan fingerprint density at radius 1 is 1.19 bits per heavy atom. The molecule has 31 heavy (non-hydrogen) atoms. The summed E-state index contributed by atoms with van der Waals surface area (Å²) in [5, 5.41) is 2.77. The lowest BCUT2D eigenvalue weighted by Gasteiger charge is -2.18. The van der Waals surface area contributed by atoms with Gasteiger partial charge in [-0.25, -0.2) is 14.6 Å². The largest absolute Gasteiger partial charge is 0.449 e. The number of carbonyl (C=O) groups excluding carboxylic acids is 1. The third kappa shape index (κ3) is 5.54. The van der Waals surface area contributed by atoms with Crippen LogP contribution < -0.4 is 11.0 Å². The number of ether oxygens (including phenoxy) is 1. The van der Waals surface area contributed by atoms with E-state index in [4.69, 9.17) is 9.72 Å². The molecule has 7 heteroatoms. The van der Waals surface area contributed by atoms with E-state index >= 15 is 0 Å². The maximum atomic E-state index is 12.7. The first-order chi connectivity index (χ1) is 14.5. The number of carbonyl (C=O) groups is 1. The highest BCUT2D eigenvalue weighted by molar-refractivity contribution is 5.76. The van der Waals surface area contributed by atoms with Crippen LogP contribution in [0.3, 0.4) is 0 Å². The van der Waals surface area contributed by atoms with E-state index in [0.29, 0.717) is 31.3 Å². The van der Waals surface area contributed by atoms with Gasteiger partial charge in [-0.15, -0.1) is 0 Å². The van der Waals surface area contributed by atoms with Gasteiger partial charge in [-0.3, -0.25) is 9.13 Å². The molecule has 2 aromatic heterocycles. The van der Waals surface area contributed by atoms with Crippen molar-refractivity contribution in [3.63, 3.8) is 0 Å². The summed E-state index contributed by atoms with van der Waals surface area (Å²) in [5.41, 5.74) is 4.05. The van der Waals surface area contributed by atoms with Crippen LogP contribution in [0, 0.1) is 11.3 Å². The molecule has 3 rings (SSSR count). The van der Waals surface area contributed by atoms with Crippen LogP contribution >= 0.6 is 0 Å². The molecule has 0 unspecified atom stereocenters. The van der Waals surface area contributed by atoms with Gasteiger partial charge in [0.25, 0.3) is 0 Å². The van der Waals surface area contributed by atoms with Crippen LogP contribution in [0.25, 0.3) is 22.4 Å². The molecule has 0 radical (unpaired) electrons. The highest BCUT2D eigenvalue weighted by Gasteiger charge is 2.19. The van der Waals surface area contributed by atoms with E-state index in [1.807, 2.05) is 50.2 Å². The molecule has 2 heterocycles. The molecule has 0 aliphatic heterocycles. The number of alkyl carbamates (subject to hydrolysis) is 1. The number of pyridine rings is 1. The van der Waals surface area contributed by atoms with Crippen molar-refractivity contribution in [2.24, 2.45) is 18.4 Å². The first-order valence-corrected chi connectivity index (χ1v) is 10.6. The minimum Gasteiger partial charge on any atom is -0.449 e. The van der Waals surface area contributed by atoms with Crippen molar-refractivity contribution in [2.75, 3.05) is 6.61 Å². The topological polar surface area (TPSA) is 78.2 Å². The number of benzene rings is 1. The number of hydrogen-bond acceptors (Lipinski definition) is 4. The van der Waals surface area contributed by atoms with Crippen molar-refractivity contribution < 1.29 is 9.53 Å². The third-order valence-corrected chi connectivity index (χ3v) is 4.82. The van der Waals surface area contributed by atoms with Crippen LogP contribution in [0.5, 0.6) is 0 Å². The van der Waals surface area contributed by atoms with Gasteiger partial charge in [0.2, 0.25) is 0 Å². The van der Waals surface area contributed by atoms with Crippen LogP contribution in [-0.4, -0.2) is 26.8 Å². The Morgan fingerprint density at radius 3 is 2.61 bits per heavy atom. The summed E-state index contributed by atoms with van der Waals surface area (Å²) in [6.07, 6.45) is -0.422. The van der Waals surface area contributed by atoms with E-state index in [0.717, 1.165) is 22.3 Å². The number of imidazole rings is 1. The quantitative estimate of drug-likeness (QED) is 0.639. The number of aromatic nitrogens is 3. The molecule has 7 nitrogen and oxygen atoms in total. The first kappa shape index (κ1) is 22.6. The zero-order valence-electron chi connectivity index (χ0n) is 19.2. The maximum Gasteiger partial charge on any atom is 0.407 e. The number of fused-ring (bicyclic) bond motifs is 1. The van der Waals surface area contributed by atoms with E-state index in [1.165, 1.54) is 0 Å². The zero-order chi connectivity index (χ0) is 22.8. The Morgan fingerprint density at radius 2 is 1.94 bits per heavy atom. The van der Waals surface area contributed by atoms with Crippen molar-refractivity contribution in [1.82, 2.24) is 19.4 Å². The van der Waals surface area contributed by atoms with Gasteiger partial charge in [0.1, 0.15) is 0 Å². The van der Waals surface area contributed by atoms with E-state index in [-0.39, 0.29) is 11.1 Å². The lowest BCUT2D eigenvalue weighted by Crippen LogP contribution is -2.27. The van der Waals surface area contributed by atoms with E-state index in [1.54, 1.807) is 16.2 Å². The highest BCUT2D eigenvalue weighted by atomic mass is 16.5. The van der Waals surface area contributed by atoms with Gasteiger partial charge in [-0.1, -0.05) is 52.8 Å². The second-order valence-electron chi connectivity index (χ2n) is 9.57. The van der Waals surface area contributed by atoms with Crippen LogP contribution in [-0.2, 0) is 24.9 Å². The average molecular weight is 425 g/mol. The number of nitrogens with zero attached hydrogens (tertiary/aromatic N) is 3. The molecule has 0 bridgehead atoms. The molecule has 1 aromatic carbocycles. The van der Waals surface area contributed by atoms with E-state index in [2.05, 4.69) is 26.1 Å². The number of aryl methyl sites for hydroxylation is 1. The second-order valence-corrected chi connectivity index (χ2v) is 9.57. The van der Waals surface area contributed by atoms with Gasteiger partial charge in [-0.2, -0.15) is 0 Å². The molecule has 1 N–H and O–H groups in total. The normalized spacial score (nSPS) is 11.8. The number of amides is 1. The fraction of sp³-hybridized carbons (Fsp3) is 0.458. The number of nitrogens with one attached hydrogen (secondary N) is 1. The Hall–Kier alpha value is -3.09. The summed E-state index contributed by atoms with van der Waals surface area (Å²) in [6, 6.07) is 11.7. The van der Waals surface area contributed by atoms with E-state index in [9.17, 15) is 9.59 Å². The average Bonchev–Trinajstić information content (AvgIpc) is 2.94. The summed E-state index contributed by atoms with van der Waals surface area (Å²) < 4.78 is 8.54. The predicted molar refractivity (Wildman–Crippen MR) is 123 cm³/mol. The number of rotatable bonds is 6. The molecule has 3 aromatic rings. The second kappa shape index (κ2) is 8.96. The Balaban J connectivity index is 1.84. The van der Waals surface area contributed by atoms with Gasteiger partial charge in [0, 0.05) is 25.7 Å². The molecule has 0 saturated heterocycles. The van der Waals surface area contributed by atoms with Gasteiger partial charge >= 0.3 is 11.8 Å². The lowest BCUT2D eigenvalue weighted by molar-refractivity contribution is 0.132. The molecule has 0 aliphatic rings. The number of hydrogen-bond donors (Lipinski definition) is 1. The summed E-state index contributed by atoms with van der Waals surface area (Å²) in [4.78, 5) is 29.3. The fourth-order valence-corrected chi connectivity index (χ4v) is 3.37. The molecule has 0 saturated carbocycles. The fourth-order valence-electron chi connectivity index (χ4n) is 3.37. The zero-order valence-corrected chi connectivity index (χ0v) is 19.2. The monoisotopic (exact) mass is 424 g/mol. The lowest BCUT2D eigenvalue weighted by atomic mass is 9.97. The van der Waals surface area contributed by atoms with Crippen molar-refractivity contribution >= 4 is 17.3 Å². The molecule has 1 amide bonds. The summed E-state index contributed by atoms with van der Waals surface area (Å²) in [5.74, 6) is 0.296. The Labute approximate surface area is 183 Å². The molecule has 0 spiro atoms. The minimum absolute atomic E-state index is 0.0194. The minimum atomic E-state index is -0.422. The van der Waals surface area contributed by atoms with Crippen molar-refractivity contribution in [1.29, 1.82) is 0 Å². The SMILES string of the molecule is CC(C)COC(=O)NCc1cccc(-c2ccc3c(n2)n(C)c(=O)n3CC(C)(C)C)c1. The summed E-state index contributed by atoms with van der Waals surface area (Å²) in [7, 11) is 1.75. The smallest absolute Gasteiger partial charge is 0.407 e. The van der Waals surface area contributed by atoms with E-state index < -0.39 is 6.09 Å². The van der Waals surface area contributed by atoms with Crippen molar-refractivity contribution in [3.05, 3.63) is 52.4 Å². The van der Waals surface area contributed by atoms with Gasteiger partial charge in [-0.05, 0) is 35.1 Å².